The molecule has 0 spiro atoms. The molecule has 0 aromatic heterocycles. The molecular formula is C40H39ClN8O7. The largest absolute Gasteiger partial charge is 0.478 e. The Morgan fingerprint density at radius 3 is 1.39 bits per heavy atom. The van der Waals surface area contributed by atoms with E-state index >= 15 is 0 Å². The molecule has 0 saturated carbocycles. The molecule has 0 aliphatic rings. The number of carbonyl (C=O) groups excluding carboxylic acids is 3. The van der Waals surface area contributed by atoms with Crippen LogP contribution < -0.4 is 11.1 Å². The Morgan fingerprint density at radius 2 is 1.02 bits per heavy atom. The van der Waals surface area contributed by atoms with Gasteiger partial charge in [0.05, 0.1) is 31.9 Å². The number of hydrogen-bond acceptors (Lipinski definition) is 9. The second-order valence-electron chi connectivity index (χ2n) is 11.1. The van der Waals surface area contributed by atoms with Crippen LogP contribution in [0.4, 0.5) is 0 Å². The zero-order chi connectivity index (χ0) is 40.6. The van der Waals surface area contributed by atoms with Crippen LogP contribution in [-0.2, 0) is 19.1 Å². The van der Waals surface area contributed by atoms with Crippen molar-refractivity contribution in [2.75, 3.05) is 14.2 Å². The predicted octanol–water partition coefficient (Wildman–Crippen LogP) is 6.45. The van der Waals surface area contributed by atoms with Crippen molar-refractivity contribution < 1.29 is 33.8 Å². The number of carboxylic acids is 1. The third-order valence-corrected chi connectivity index (χ3v) is 7.21. The standard InChI is InChI=1S/C20H18N4O3.C15H10O2.C5H10N4O2.ClH/c1-14(23-24-21)18(20(26)27-2)22-19(25)17-12-10-16(11-13-17)9-8-15-6-4-3-5-7-15;16-15(17)14-10-8-13(9-11-14)7-6-12-4-2-1-3-5-12;1-3(8-9-7)4(6)5(10)11-2;/h3-7,10-14,18H,1-2H3,(H,22,25);1-5,8-11H,(H,16,17);3-4H,6H2,1-2H3;1H/t14-,18+;;3-,4?;/m1.1./s1. The third kappa shape index (κ3) is 16.6. The van der Waals surface area contributed by atoms with Crippen LogP contribution in [-0.4, -0.2) is 67.3 Å². The monoisotopic (exact) mass is 778 g/mol. The molecule has 0 bridgehead atoms. The van der Waals surface area contributed by atoms with Crippen molar-refractivity contribution >= 4 is 36.2 Å². The summed E-state index contributed by atoms with van der Waals surface area (Å²) < 4.78 is 8.99. The van der Waals surface area contributed by atoms with Crippen LogP contribution in [0.5, 0.6) is 0 Å². The summed E-state index contributed by atoms with van der Waals surface area (Å²) in [5.74, 6) is 9.38. The van der Waals surface area contributed by atoms with Gasteiger partial charge in [-0.25, -0.2) is 9.59 Å². The van der Waals surface area contributed by atoms with Gasteiger partial charge in [0.1, 0.15) is 12.1 Å². The van der Waals surface area contributed by atoms with Crippen molar-refractivity contribution in [3.63, 3.8) is 0 Å². The van der Waals surface area contributed by atoms with E-state index in [-0.39, 0.29) is 18.0 Å². The van der Waals surface area contributed by atoms with E-state index in [4.69, 9.17) is 21.9 Å². The van der Waals surface area contributed by atoms with Gasteiger partial charge >= 0.3 is 17.9 Å². The highest BCUT2D eigenvalue weighted by Gasteiger charge is 2.27. The van der Waals surface area contributed by atoms with Crippen molar-refractivity contribution in [2.24, 2.45) is 16.0 Å². The van der Waals surface area contributed by atoms with Crippen LogP contribution in [0.25, 0.3) is 20.9 Å². The summed E-state index contributed by atoms with van der Waals surface area (Å²) in [6.07, 6.45) is 0. The zero-order valence-corrected chi connectivity index (χ0v) is 31.6. The molecule has 1 amide bonds. The Hall–Kier alpha value is -7.25. The number of nitrogens with one attached hydrogen (secondary N) is 1. The smallest absolute Gasteiger partial charge is 0.335 e. The van der Waals surface area contributed by atoms with Crippen LogP contribution in [0.15, 0.2) is 119 Å². The molecule has 15 nitrogen and oxygen atoms in total. The van der Waals surface area contributed by atoms with E-state index in [1.54, 1.807) is 55.5 Å². The van der Waals surface area contributed by atoms with Gasteiger partial charge in [0.2, 0.25) is 0 Å². The van der Waals surface area contributed by atoms with Gasteiger partial charge in [-0.1, -0.05) is 84.2 Å². The molecular weight excluding hydrogens is 740 g/mol. The van der Waals surface area contributed by atoms with Crippen molar-refractivity contribution in [1.29, 1.82) is 0 Å². The first-order valence-electron chi connectivity index (χ1n) is 16.3. The quantitative estimate of drug-likeness (QED) is 0.0559. The Bertz CT molecular complexity index is 2120. The molecule has 288 valence electrons. The summed E-state index contributed by atoms with van der Waals surface area (Å²) in [4.78, 5) is 50.7. The fourth-order valence-electron chi connectivity index (χ4n) is 4.10. The maximum Gasteiger partial charge on any atom is 0.335 e. The van der Waals surface area contributed by atoms with Crippen LogP contribution in [0.2, 0.25) is 0 Å². The lowest BCUT2D eigenvalue weighted by Gasteiger charge is -2.19. The minimum atomic E-state index is -1.07. The van der Waals surface area contributed by atoms with E-state index < -0.39 is 48.0 Å². The van der Waals surface area contributed by atoms with Gasteiger partial charge in [-0.3, -0.25) is 9.59 Å². The van der Waals surface area contributed by atoms with Gasteiger partial charge in [-0.2, -0.15) is 0 Å². The second-order valence-corrected chi connectivity index (χ2v) is 11.1. The van der Waals surface area contributed by atoms with E-state index in [9.17, 15) is 19.2 Å². The number of nitrogens with zero attached hydrogens (tertiary/aromatic N) is 6. The van der Waals surface area contributed by atoms with Crippen molar-refractivity contribution in [3.05, 3.63) is 163 Å². The van der Waals surface area contributed by atoms with Crippen LogP contribution in [0.1, 0.15) is 56.8 Å². The molecule has 0 aliphatic heterocycles. The summed E-state index contributed by atoms with van der Waals surface area (Å²) in [6, 6.07) is 29.1. The molecule has 1 unspecified atom stereocenters. The average Bonchev–Trinajstić information content (AvgIpc) is 3.22. The lowest BCUT2D eigenvalue weighted by molar-refractivity contribution is -0.143. The van der Waals surface area contributed by atoms with Gasteiger partial charge in [-0.15, -0.1) is 12.4 Å². The van der Waals surface area contributed by atoms with Crippen LogP contribution in [0, 0.1) is 23.7 Å². The average molecular weight is 779 g/mol. The van der Waals surface area contributed by atoms with Crippen LogP contribution >= 0.6 is 12.4 Å². The molecule has 4 rings (SSSR count). The molecule has 4 N–H and O–H groups in total. The first kappa shape index (κ1) is 46.8. The molecule has 4 aromatic carbocycles. The maximum absolute atomic E-state index is 12.4. The third-order valence-electron chi connectivity index (χ3n) is 7.21. The number of rotatable bonds is 9. The second kappa shape index (κ2) is 25.7. The first-order valence-corrected chi connectivity index (χ1v) is 16.3. The molecule has 0 heterocycles. The van der Waals surface area contributed by atoms with E-state index in [2.05, 4.69) is 58.5 Å². The van der Waals surface area contributed by atoms with Gasteiger partial charge in [0, 0.05) is 37.6 Å². The predicted molar refractivity (Wildman–Crippen MR) is 212 cm³/mol. The van der Waals surface area contributed by atoms with E-state index in [0.717, 1.165) is 22.3 Å². The van der Waals surface area contributed by atoms with E-state index in [1.165, 1.54) is 21.1 Å². The molecule has 0 fully saturated rings. The number of azide groups is 2. The Labute approximate surface area is 329 Å². The zero-order valence-electron chi connectivity index (χ0n) is 30.8. The van der Waals surface area contributed by atoms with Gasteiger partial charge in [0.25, 0.3) is 5.91 Å². The number of benzene rings is 4. The Balaban J connectivity index is 0.000000462. The molecule has 56 heavy (non-hydrogen) atoms. The molecule has 0 aliphatic carbocycles. The van der Waals surface area contributed by atoms with Gasteiger partial charge in [-0.05, 0) is 83.9 Å². The molecule has 16 heteroatoms. The van der Waals surface area contributed by atoms with E-state index in [1.807, 2.05) is 60.7 Å². The summed E-state index contributed by atoms with van der Waals surface area (Å²) in [6.45, 7) is 3.06. The summed E-state index contributed by atoms with van der Waals surface area (Å²) >= 11 is 0. The number of nitrogens with two attached hydrogens (primary N) is 1. The highest BCUT2D eigenvalue weighted by molar-refractivity contribution is 5.97. The number of hydrogen-bond donors (Lipinski definition) is 3. The molecule has 0 saturated heterocycles. The number of aromatic carboxylic acids is 1. The molecule has 4 atom stereocenters. The van der Waals surface area contributed by atoms with Crippen molar-refractivity contribution in [3.8, 4) is 23.7 Å². The minimum absolute atomic E-state index is 0. The van der Waals surface area contributed by atoms with Gasteiger partial charge < -0.3 is 25.6 Å². The minimum Gasteiger partial charge on any atom is -0.478 e. The number of halogens is 1. The van der Waals surface area contributed by atoms with Crippen molar-refractivity contribution in [2.45, 2.75) is 38.0 Å². The highest BCUT2D eigenvalue weighted by Crippen LogP contribution is 2.08. The lowest BCUT2D eigenvalue weighted by Crippen LogP contribution is -2.47. The number of ether oxygens (including phenoxy) is 2. The Kier molecular flexibility index (Phi) is 21.4. The molecule has 0 radical (unpaired) electrons. The summed E-state index contributed by atoms with van der Waals surface area (Å²) in [5, 5.41) is 18.0. The number of amides is 1. The number of carboxylic acid groups (broad SMARTS) is 1. The van der Waals surface area contributed by atoms with E-state index in [0.29, 0.717) is 5.56 Å². The normalized spacial score (nSPS) is 11.3. The number of esters is 2. The summed E-state index contributed by atoms with van der Waals surface area (Å²) in [7, 11) is 2.43. The SMILES string of the molecule is COC(=O)C(N)[C@@H](C)N=[N+]=[N-].COC(=O)[C@@H](NC(=O)c1ccc(C#Cc2ccccc2)cc1)[C@@H](C)N=[N+]=[N-].Cl.O=C(O)c1ccc(C#Cc2ccccc2)cc1. The highest BCUT2D eigenvalue weighted by atomic mass is 35.5. The fourth-order valence-corrected chi connectivity index (χ4v) is 4.10. The van der Waals surface area contributed by atoms with Crippen LogP contribution in [0.3, 0.4) is 0 Å². The van der Waals surface area contributed by atoms with Crippen molar-refractivity contribution in [1.82, 2.24) is 5.32 Å². The van der Waals surface area contributed by atoms with Gasteiger partial charge in [0.15, 0.2) is 0 Å². The topological polar surface area (TPSA) is 243 Å². The number of methoxy groups -OCH3 is 2. The summed E-state index contributed by atoms with van der Waals surface area (Å²) in [5.41, 5.74) is 25.9. The fraction of sp³-hybridized carbons (Fsp3) is 0.200. The Morgan fingerprint density at radius 1 is 0.643 bits per heavy atom. The molecule has 4 aromatic rings. The number of carbonyl (C=O) groups is 4. The lowest BCUT2D eigenvalue weighted by atomic mass is 10.1. The first-order chi connectivity index (χ1) is 26.4. The maximum atomic E-state index is 12.4.